The first-order valence-electron chi connectivity index (χ1n) is 24.1. The number of anilines is 2. The number of esters is 1. The van der Waals surface area contributed by atoms with Crippen LogP contribution in [0, 0.1) is 46.3 Å². The van der Waals surface area contributed by atoms with Crippen LogP contribution in [-0.2, 0) is 20.7 Å². The maximum absolute atomic E-state index is 12.8. The van der Waals surface area contributed by atoms with E-state index in [4.69, 9.17) is 20.9 Å². The average Bonchev–Trinajstić information content (AvgIpc) is 3.52. The van der Waals surface area contributed by atoms with Crippen molar-refractivity contribution < 1.29 is 14.3 Å². The van der Waals surface area contributed by atoms with Gasteiger partial charge in [-0.3, -0.25) is 4.79 Å². The van der Waals surface area contributed by atoms with Crippen LogP contribution in [0.2, 0.25) is 0 Å². The molecule has 5 rings (SSSR count). The second kappa shape index (κ2) is 22.4. The van der Waals surface area contributed by atoms with Gasteiger partial charge < -0.3 is 20.9 Å². The molecule has 0 heterocycles. The minimum Gasteiger partial charge on any atom is -0.466 e. The van der Waals surface area contributed by atoms with Crippen LogP contribution in [0.5, 0.6) is 0 Å². The fourth-order valence-electron chi connectivity index (χ4n) is 13.0. The van der Waals surface area contributed by atoms with Crippen LogP contribution in [0.3, 0.4) is 0 Å². The van der Waals surface area contributed by atoms with Crippen molar-refractivity contribution in [1.29, 1.82) is 0 Å². The summed E-state index contributed by atoms with van der Waals surface area (Å²) < 4.78 is 12.3. The zero-order chi connectivity index (χ0) is 39.1. The lowest BCUT2D eigenvalue weighted by Crippen LogP contribution is -2.54. The molecule has 1 aromatic rings. The molecule has 4 fully saturated rings. The average molecular weight is 763 g/mol. The Hall–Kier alpha value is -1.75. The molecule has 4 N–H and O–H groups in total. The summed E-state index contributed by atoms with van der Waals surface area (Å²) in [5, 5.41) is 0. The van der Waals surface area contributed by atoms with Gasteiger partial charge in [-0.15, -0.1) is 0 Å². The van der Waals surface area contributed by atoms with Gasteiger partial charge >= 0.3 is 5.97 Å². The quantitative estimate of drug-likeness (QED) is 0.0588. The lowest BCUT2D eigenvalue weighted by molar-refractivity contribution is -0.145. The molecule has 0 aliphatic heterocycles. The summed E-state index contributed by atoms with van der Waals surface area (Å²) in [7, 11) is 0. The van der Waals surface area contributed by atoms with E-state index in [0.29, 0.717) is 35.9 Å². The highest BCUT2D eigenvalue weighted by atomic mass is 16.5. The Kier molecular flexibility index (Phi) is 18.1. The van der Waals surface area contributed by atoms with Crippen LogP contribution in [-0.4, -0.2) is 25.3 Å². The monoisotopic (exact) mass is 763 g/mol. The predicted molar refractivity (Wildman–Crippen MR) is 233 cm³/mol. The maximum Gasteiger partial charge on any atom is 0.305 e. The molecule has 0 bridgehead atoms. The molecule has 4 aliphatic rings. The smallest absolute Gasteiger partial charge is 0.305 e. The van der Waals surface area contributed by atoms with Crippen molar-refractivity contribution in [1.82, 2.24) is 0 Å². The fraction of sp³-hybridized carbons (Fsp3) is 0.860. The summed E-state index contributed by atoms with van der Waals surface area (Å²) in [6, 6.07) is 5.94. The number of ether oxygens (including phenoxy) is 2. The van der Waals surface area contributed by atoms with Crippen molar-refractivity contribution in [3.63, 3.8) is 0 Å². The third-order valence-electron chi connectivity index (χ3n) is 16.2. The van der Waals surface area contributed by atoms with Gasteiger partial charge in [-0.2, -0.15) is 0 Å². The highest BCUT2D eigenvalue weighted by molar-refractivity contribution is 5.69. The molecule has 5 nitrogen and oxygen atoms in total. The number of benzene rings is 1. The Morgan fingerprint density at radius 1 is 0.709 bits per heavy atom. The SMILES string of the molecule is CCCCCCCCCCCCCCCCOC(=O)CC[C@@H](C)[C@H]1CC[C@H]2[C@@H]3CCC4CC(OCCCCc5cc(N)cc(N)c5)CC[C@]4(C)[C@H]3CC[C@]12C. The van der Waals surface area contributed by atoms with Crippen molar-refractivity contribution in [2.45, 2.75) is 214 Å². The van der Waals surface area contributed by atoms with E-state index in [1.165, 1.54) is 147 Å². The van der Waals surface area contributed by atoms with Crippen LogP contribution >= 0.6 is 0 Å². The van der Waals surface area contributed by atoms with Crippen LogP contribution in [0.4, 0.5) is 11.4 Å². The van der Waals surface area contributed by atoms with Gasteiger partial charge in [-0.05, 0) is 160 Å². The lowest BCUT2D eigenvalue weighted by Gasteiger charge is -2.61. The van der Waals surface area contributed by atoms with Gasteiger partial charge in [-0.25, -0.2) is 0 Å². The Morgan fingerprint density at radius 3 is 1.98 bits per heavy atom. The van der Waals surface area contributed by atoms with E-state index in [1.54, 1.807) is 0 Å². The summed E-state index contributed by atoms with van der Waals surface area (Å²) in [5.41, 5.74) is 15.7. The van der Waals surface area contributed by atoms with Gasteiger partial charge in [0.15, 0.2) is 0 Å². The van der Waals surface area contributed by atoms with Gasteiger partial charge in [0.25, 0.3) is 0 Å². The maximum atomic E-state index is 12.8. The van der Waals surface area contributed by atoms with Crippen LogP contribution < -0.4 is 11.5 Å². The van der Waals surface area contributed by atoms with Gasteiger partial charge in [0.05, 0.1) is 12.7 Å². The minimum atomic E-state index is 0.0409. The van der Waals surface area contributed by atoms with Crippen LogP contribution in [0.25, 0.3) is 0 Å². The Bertz CT molecular complexity index is 1250. The standard InChI is InChI=1S/C50H86N2O3/c1-5-6-7-8-9-10-11-12-13-14-15-16-17-19-33-55-48(53)27-22-38(2)45-25-26-46-44-24-23-40-36-43(28-30-49(40,3)47(44)29-31-50(45,46)4)54-32-20-18-21-39-34-41(51)37-42(52)35-39/h34-35,37-38,40,43-47H,5-33,36,51-52H2,1-4H3/t38-,40?,43?,44+,45-,46+,47+,49+,50-/m1/s1. The molecule has 1 aromatic carbocycles. The van der Waals surface area contributed by atoms with Crippen LogP contribution in [0.1, 0.15) is 207 Å². The molecular formula is C50H86N2O3. The lowest BCUT2D eigenvalue weighted by atomic mass is 9.44. The second-order valence-electron chi connectivity index (χ2n) is 20.0. The van der Waals surface area contributed by atoms with Crippen molar-refractivity contribution in [3.8, 4) is 0 Å². The van der Waals surface area contributed by atoms with E-state index >= 15 is 0 Å². The van der Waals surface area contributed by atoms with E-state index in [-0.39, 0.29) is 5.97 Å². The summed E-state index contributed by atoms with van der Waals surface area (Å²) in [5.74, 6) is 4.86. The zero-order valence-corrected chi connectivity index (χ0v) is 36.4. The van der Waals surface area contributed by atoms with E-state index in [2.05, 4.69) is 39.8 Å². The van der Waals surface area contributed by atoms with E-state index in [0.717, 1.165) is 79.7 Å². The molecule has 0 saturated heterocycles. The van der Waals surface area contributed by atoms with Gasteiger partial charge in [0.1, 0.15) is 0 Å². The first-order chi connectivity index (χ1) is 26.6. The number of carbonyl (C=O) groups is 1. The second-order valence-corrected chi connectivity index (χ2v) is 20.0. The molecule has 0 radical (unpaired) electrons. The first kappa shape index (κ1) is 44.4. The Morgan fingerprint density at radius 2 is 1.31 bits per heavy atom. The molecule has 55 heavy (non-hydrogen) atoms. The minimum absolute atomic E-state index is 0.0409. The normalized spacial score (nSPS) is 30.7. The predicted octanol–water partition coefficient (Wildman–Crippen LogP) is 13.7. The molecular weight excluding hydrogens is 677 g/mol. The largest absolute Gasteiger partial charge is 0.466 e. The van der Waals surface area contributed by atoms with E-state index in [1.807, 2.05) is 6.07 Å². The number of unbranched alkanes of at least 4 members (excludes halogenated alkanes) is 14. The van der Waals surface area contributed by atoms with Crippen molar-refractivity contribution >= 4 is 17.3 Å². The summed E-state index contributed by atoms with van der Waals surface area (Å²) >= 11 is 0. The van der Waals surface area contributed by atoms with Gasteiger partial charge in [-0.1, -0.05) is 111 Å². The molecule has 0 spiro atoms. The summed E-state index contributed by atoms with van der Waals surface area (Å²) in [6.07, 6.45) is 36.4. The number of fused-ring (bicyclic) bond motifs is 5. The highest BCUT2D eigenvalue weighted by Crippen LogP contribution is 2.68. The van der Waals surface area contributed by atoms with E-state index < -0.39 is 0 Å². The van der Waals surface area contributed by atoms with Crippen LogP contribution in [0.15, 0.2) is 18.2 Å². The van der Waals surface area contributed by atoms with Crippen molar-refractivity contribution in [2.24, 2.45) is 46.3 Å². The first-order valence-corrected chi connectivity index (χ1v) is 24.1. The van der Waals surface area contributed by atoms with E-state index in [9.17, 15) is 4.79 Å². The molecule has 2 unspecified atom stereocenters. The third kappa shape index (κ3) is 12.6. The van der Waals surface area contributed by atoms with Crippen molar-refractivity contribution in [2.75, 3.05) is 24.7 Å². The number of hydrogen-bond donors (Lipinski definition) is 2. The number of aryl methyl sites for hydroxylation is 1. The van der Waals surface area contributed by atoms with Crippen molar-refractivity contribution in [3.05, 3.63) is 23.8 Å². The zero-order valence-electron chi connectivity index (χ0n) is 36.4. The number of nitrogen functional groups attached to an aromatic ring is 2. The third-order valence-corrected chi connectivity index (χ3v) is 16.2. The molecule has 5 heteroatoms. The van der Waals surface area contributed by atoms with Gasteiger partial charge in [0, 0.05) is 24.4 Å². The molecule has 4 saturated carbocycles. The molecule has 4 aliphatic carbocycles. The molecule has 0 amide bonds. The Balaban J connectivity index is 0.933. The van der Waals surface area contributed by atoms with Gasteiger partial charge in [0.2, 0.25) is 0 Å². The number of nitrogens with two attached hydrogens (primary N) is 2. The molecule has 9 atom stereocenters. The summed E-state index contributed by atoms with van der Waals surface area (Å²) in [4.78, 5) is 12.8. The number of hydrogen-bond acceptors (Lipinski definition) is 5. The topological polar surface area (TPSA) is 87.6 Å². The fourth-order valence-corrected chi connectivity index (χ4v) is 13.0. The highest BCUT2D eigenvalue weighted by Gasteiger charge is 2.60. The number of rotatable bonds is 25. The summed E-state index contributed by atoms with van der Waals surface area (Å²) in [6.45, 7) is 11.6. The molecule has 0 aromatic heterocycles. The number of carbonyl (C=O) groups excluding carboxylic acids is 1. The molecule has 314 valence electrons. The Labute approximate surface area is 339 Å².